The van der Waals surface area contributed by atoms with Gasteiger partial charge in [0, 0.05) is 36.0 Å². The van der Waals surface area contributed by atoms with Gasteiger partial charge in [-0.1, -0.05) is 41.6 Å². The van der Waals surface area contributed by atoms with Gasteiger partial charge in [-0.25, -0.2) is 0 Å². The number of carbonyl (C=O) groups excluding carboxylic acids is 2. The number of nitrogens with zero attached hydrogens (tertiary/aromatic N) is 2. The van der Waals surface area contributed by atoms with E-state index in [1.54, 1.807) is 13.0 Å². The Bertz CT molecular complexity index is 1240. The number of nitrogens with one attached hydrogen (secondary N) is 1. The average molecular weight is 554 g/mol. The van der Waals surface area contributed by atoms with Crippen LogP contribution in [0.4, 0.5) is 5.82 Å². The molecule has 2 bridgehead atoms. The van der Waals surface area contributed by atoms with Gasteiger partial charge in [-0.15, -0.1) is 0 Å². The minimum atomic E-state index is -0.529. The van der Waals surface area contributed by atoms with Gasteiger partial charge in [-0.05, 0) is 19.1 Å². The molecule has 1 amide bonds. The normalized spacial score (nSPS) is 24.0. The van der Waals surface area contributed by atoms with Crippen molar-refractivity contribution in [2.45, 2.75) is 31.8 Å². The standard InChI is InChI=1S/C27H27N3O5.BrH/c1-17-14-24(29-35-17)28-25(31)16-30-12-10-18(11-13-30)23(15-30)34-27(32)26-19-6-2-4-8-21(19)33-22-9-5-3-7-20(22)26;/h2-9,14,18,23,26H,10-13,15-16H2,1H3;1H/t18?,23-,30?;/m0./s1. The molecular weight excluding hydrogens is 526 g/mol. The zero-order chi connectivity index (χ0) is 24.0. The van der Waals surface area contributed by atoms with E-state index in [1.807, 2.05) is 48.5 Å². The third-order valence-electron chi connectivity index (χ3n) is 7.60. The number of esters is 1. The minimum Gasteiger partial charge on any atom is -1.00 e. The summed E-state index contributed by atoms with van der Waals surface area (Å²) in [5.74, 6) is 1.88. The molecular formula is C27H28BrN3O5. The quantitative estimate of drug-likeness (QED) is 0.374. The molecule has 2 aromatic carbocycles. The van der Waals surface area contributed by atoms with Crippen LogP contribution in [0.3, 0.4) is 0 Å². The van der Waals surface area contributed by atoms with Crippen molar-refractivity contribution < 1.29 is 45.1 Å². The van der Waals surface area contributed by atoms with E-state index in [0.29, 0.717) is 46.6 Å². The Hall–Kier alpha value is -3.17. The van der Waals surface area contributed by atoms with E-state index in [2.05, 4.69) is 10.5 Å². The van der Waals surface area contributed by atoms with Crippen molar-refractivity contribution in [3.05, 3.63) is 71.5 Å². The van der Waals surface area contributed by atoms with Crippen LogP contribution in [0.2, 0.25) is 0 Å². The zero-order valence-corrected chi connectivity index (χ0v) is 21.6. The summed E-state index contributed by atoms with van der Waals surface area (Å²) in [6.07, 6.45) is 1.67. The molecule has 0 spiro atoms. The molecule has 0 radical (unpaired) electrons. The number of rotatable bonds is 5. The fraction of sp³-hybridized carbons (Fsp3) is 0.370. The molecule has 1 aromatic heterocycles. The first-order chi connectivity index (χ1) is 17.0. The number of ether oxygens (including phenoxy) is 2. The number of anilines is 1. The van der Waals surface area contributed by atoms with Gasteiger partial charge in [-0.3, -0.25) is 9.59 Å². The zero-order valence-electron chi connectivity index (χ0n) is 20.0. The second-order valence-corrected chi connectivity index (χ2v) is 9.92. The highest BCUT2D eigenvalue weighted by Crippen LogP contribution is 2.45. The number of piperidine rings is 3. The van der Waals surface area contributed by atoms with Crippen LogP contribution in [0.25, 0.3) is 0 Å². The Kier molecular flexibility index (Phi) is 6.61. The van der Waals surface area contributed by atoms with Crippen LogP contribution in [0.1, 0.15) is 35.6 Å². The van der Waals surface area contributed by atoms with Gasteiger partial charge >= 0.3 is 5.97 Å². The maximum absolute atomic E-state index is 13.7. The van der Waals surface area contributed by atoms with Crippen LogP contribution < -0.4 is 27.0 Å². The summed E-state index contributed by atoms with van der Waals surface area (Å²) in [6, 6.07) is 17.0. The van der Waals surface area contributed by atoms with E-state index in [4.69, 9.17) is 14.0 Å². The predicted octanol–water partition coefficient (Wildman–Crippen LogP) is 1.02. The lowest BCUT2D eigenvalue weighted by atomic mass is 9.82. The maximum atomic E-state index is 13.7. The van der Waals surface area contributed by atoms with Gasteiger partial charge in [0.25, 0.3) is 5.91 Å². The number of fused-ring (bicyclic) bond motifs is 5. The molecule has 3 aromatic rings. The van der Waals surface area contributed by atoms with Crippen molar-refractivity contribution >= 4 is 17.7 Å². The predicted molar refractivity (Wildman–Crippen MR) is 127 cm³/mol. The van der Waals surface area contributed by atoms with Crippen molar-refractivity contribution in [3.8, 4) is 11.5 Å². The summed E-state index contributed by atoms with van der Waals surface area (Å²) in [5.41, 5.74) is 1.65. The number of aromatic nitrogens is 1. The number of carbonyl (C=O) groups is 2. The van der Waals surface area contributed by atoms with Crippen LogP contribution >= 0.6 is 0 Å². The topological polar surface area (TPSA) is 90.7 Å². The fourth-order valence-corrected chi connectivity index (χ4v) is 5.87. The number of halogens is 1. The molecule has 3 saturated heterocycles. The van der Waals surface area contributed by atoms with Crippen LogP contribution in [0, 0.1) is 12.8 Å². The van der Waals surface area contributed by atoms with Crippen LogP contribution in [0.15, 0.2) is 59.1 Å². The summed E-state index contributed by atoms with van der Waals surface area (Å²) in [6.45, 7) is 4.58. The van der Waals surface area contributed by atoms with Crippen LogP contribution in [-0.4, -0.2) is 53.8 Å². The molecule has 188 valence electrons. The number of hydrogen-bond acceptors (Lipinski definition) is 6. The smallest absolute Gasteiger partial charge is 0.318 e. The van der Waals surface area contributed by atoms with Crippen LogP contribution in [0.5, 0.6) is 11.5 Å². The Balaban J connectivity index is 0.00000267. The van der Waals surface area contributed by atoms with Gasteiger partial charge in [0.1, 0.15) is 29.7 Å². The van der Waals surface area contributed by atoms with E-state index in [9.17, 15) is 9.59 Å². The molecule has 7 rings (SSSR count). The Morgan fingerprint density at radius 3 is 2.31 bits per heavy atom. The number of amides is 1. The molecule has 1 N–H and O–H groups in total. The van der Waals surface area contributed by atoms with E-state index in [0.717, 1.165) is 37.1 Å². The van der Waals surface area contributed by atoms with E-state index < -0.39 is 5.92 Å². The van der Waals surface area contributed by atoms with Gasteiger partial charge in [0.2, 0.25) is 0 Å². The molecule has 4 aliphatic rings. The molecule has 4 aliphatic heterocycles. The van der Waals surface area contributed by atoms with Gasteiger partial charge < -0.3 is 40.8 Å². The highest BCUT2D eigenvalue weighted by molar-refractivity contribution is 5.90. The molecule has 3 fully saturated rings. The number of aryl methyl sites for hydroxylation is 1. The summed E-state index contributed by atoms with van der Waals surface area (Å²) >= 11 is 0. The first kappa shape index (κ1) is 24.5. The first-order valence-electron chi connectivity index (χ1n) is 12.1. The monoisotopic (exact) mass is 553 g/mol. The summed E-state index contributed by atoms with van der Waals surface area (Å²) in [4.78, 5) is 26.4. The number of hydrogen-bond donors (Lipinski definition) is 1. The molecule has 0 unspecified atom stereocenters. The molecule has 5 heterocycles. The SMILES string of the molecule is Cc1cc(NC(=O)C[N+]23CCC(CC2)[C@@H](OC(=O)C2c4ccccc4Oc4ccccc42)C3)no1.[Br-]. The van der Waals surface area contributed by atoms with Gasteiger partial charge in [-0.2, -0.15) is 0 Å². The molecule has 0 aliphatic carbocycles. The summed E-state index contributed by atoms with van der Waals surface area (Å²) < 4.78 is 17.9. The van der Waals surface area contributed by atoms with E-state index in [-0.39, 0.29) is 35.0 Å². The fourth-order valence-electron chi connectivity index (χ4n) is 5.87. The minimum absolute atomic E-state index is 0. The molecule has 36 heavy (non-hydrogen) atoms. The van der Waals surface area contributed by atoms with Gasteiger partial charge in [0.05, 0.1) is 13.1 Å². The third kappa shape index (κ3) is 4.53. The lowest BCUT2D eigenvalue weighted by Gasteiger charge is -2.51. The molecule has 8 nitrogen and oxygen atoms in total. The maximum Gasteiger partial charge on any atom is 0.318 e. The van der Waals surface area contributed by atoms with E-state index >= 15 is 0 Å². The molecule has 1 atom stereocenters. The second-order valence-electron chi connectivity index (χ2n) is 9.92. The average Bonchev–Trinajstić information content (AvgIpc) is 3.26. The number of para-hydroxylation sites is 2. The molecule has 0 saturated carbocycles. The highest BCUT2D eigenvalue weighted by Gasteiger charge is 2.49. The largest absolute Gasteiger partial charge is 1.00 e. The summed E-state index contributed by atoms with van der Waals surface area (Å²) in [5, 5.41) is 6.69. The van der Waals surface area contributed by atoms with Gasteiger partial charge in [0.15, 0.2) is 18.5 Å². The Labute approximate surface area is 219 Å². The lowest BCUT2D eigenvalue weighted by molar-refractivity contribution is -0.938. The Morgan fingerprint density at radius 2 is 1.69 bits per heavy atom. The van der Waals surface area contributed by atoms with Crippen LogP contribution in [-0.2, 0) is 14.3 Å². The first-order valence-corrected chi connectivity index (χ1v) is 12.1. The van der Waals surface area contributed by atoms with Crippen molar-refractivity contribution in [2.24, 2.45) is 5.92 Å². The molecule has 9 heteroatoms. The Morgan fingerprint density at radius 1 is 1.06 bits per heavy atom. The van der Waals surface area contributed by atoms with Crippen molar-refractivity contribution in [1.29, 1.82) is 0 Å². The van der Waals surface area contributed by atoms with E-state index in [1.165, 1.54) is 0 Å². The third-order valence-corrected chi connectivity index (χ3v) is 7.60. The summed E-state index contributed by atoms with van der Waals surface area (Å²) in [7, 11) is 0. The second kappa shape index (κ2) is 9.71. The van der Waals surface area contributed by atoms with Crippen molar-refractivity contribution in [2.75, 3.05) is 31.5 Å². The van der Waals surface area contributed by atoms with Crippen molar-refractivity contribution in [1.82, 2.24) is 5.16 Å². The highest BCUT2D eigenvalue weighted by atomic mass is 79.9. The van der Waals surface area contributed by atoms with Crippen molar-refractivity contribution in [3.63, 3.8) is 0 Å². The number of benzene rings is 2. The lowest BCUT2D eigenvalue weighted by Crippen LogP contribution is -3.00. The number of quaternary nitrogens is 1.